The lowest BCUT2D eigenvalue weighted by molar-refractivity contribution is 0.410. The van der Waals surface area contributed by atoms with E-state index >= 15 is 0 Å². The average molecular weight is 262 g/mol. The molecule has 0 radical (unpaired) electrons. The van der Waals surface area contributed by atoms with Crippen LogP contribution < -0.4 is 10.1 Å². The molecule has 2 aromatic carbocycles. The minimum absolute atomic E-state index is 0.734. The normalized spacial score (nSPS) is 10.2. The molecule has 0 aliphatic heterocycles. The fraction of sp³-hybridized carbons (Fsp3) is 0.200. The lowest BCUT2D eigenvalue weighted by Gasteiger charge is -2.09. The van der Waals surface area contributed by atoms with Crippen LogP contribution in [0.3, 0.4) is 0 Å². The summed E-state index contributed by atoms with van der Waals surface area (Å²) in [6.45, 7) is 0. The Balaban J connectivity index is 2.24. The molecule has 0 aromatic heterocycles. The maximum atomic E-state index is 6.02. The Morgan fingerprint density at radius 1 is 1.11 bits per heavy atom. The summed E-state index contributed by atoms with van der Waals surface area (Å²) in [4.78, 5) is 0. The van der Waals surface area contributed by atoms with Crippen molar-refractivity contribution in [3.63, 3.8) is 0 Å². The molecule has 0 spiro atoms. The van der Waals surface area contributed by atoms with Crippen LogP contribution in [0.25, 0.3) is 0 Å². The van der Waals surface area contributed by atoms with E-state index in [4.69, 9.17) is 16.3 Å². The van der Waals surface area contributed by atoms with Crippen LogP contribution in [0.1, 0.15) is 11.1 Å². The Labute approximate surface area is 113 Å². The highest BCUT2D eigenvalue weighted by Crippen LogP contribution is 2.25. The Hall–Kier alpha value is -1.67. The van der Waals surface area contributed by atoms with Crippen molar-refractivity contribution in [3.8, 4) is 5.75 Å². The summed E-state index contributed by atoms with van der Waals surface area (Å²) < 4.78 is 5.35. The number of hydrogen-bond acceptors (Lipinski definition) is 2. The fourth-order valence-electron chi connectivity index (χ4n) is 1.89. The second-order valence-electron chi connectivity index (χ2n) is 4.08. The van der Waals surface area contributed by atoms with Gasteiger partial charge >= 0.3 is 0 Å². The fourth-order valence-corrected chi connectivity index (χ4v) is 2.09. The molecular formula is C15H16ClNO. The van der Waals surface area contributed by atoms with Crippen LogP contribution in [0.15, 0.2) is 42.5 Å². The molecule has 1 N–H and O–H groups in total. The molecule has 0 bridgehead atoms. The summed E-state index contributed by atoms with van der Waals surface area (Å²) in [7, 11) is 3.59. The van der Waals surface area contributed by atoms with Crippen LogP contribution in [-0.2, 0) is 6.42 Å². The van der Waals surface area contributed by atoms with Crippen molar-refractivity contribution in [2.75, 3.05) is 19.5 Å². The van der Waals surface area contributed by atoms with Gasteiger partial charge < -0.3 is 10.1 Å². The number of rotatable bonds is 4. The minimum atomic E-state index is 0.734. The maximum absolute atomic E-state index is 6.02. The monoisotopic (exact) mass is 261 g/mol. The van der Waals surface area contributed by atoms with E-state index in [0.717, 1.165) is 28.4 Å². The number of hydrogen-bond donors (Lipinski definition) is 1. The first kappa shape index (κ1) is 12.8. The predicted octanol–water partition coefficient (Wildman–Crippen LogP) is 3.98. The van der Waals surface area contributed by atoms with Gasteiger partial charge in [-0.05, 0) is 41.5 Å². The van der Waals surface area contributed by atoms with Gasteiger partial charge in [-0.3, -0.25) is 0 Å². The van der Waals surface area contributed by atoms with Crippen molar-refractivity contribution >= 4 is 17.3 Å². The van der Waals surface area contributed by atoms with Crippen molar-refractivity contribution in [1.82, 2.24) is 0 Å². The van der Waals surface area contributed by atoms with E-state index in [9.17, 15) is 0 Å². The van der Waals surface area contributed by atoms with Crippen LogP contribution in [-0.4, -0.2) is 14.2 Å². The topological polar surface area (TPSA) is 21.3 Å². The third-order valence-electron chi connectivity index (χ3n) is 2.88. The summed E-state index contributed by atoms with van der Waals surface area (Å²) in [6, 6.07) is 14.0. The molecule has 94 valence electrons. The number of anilines is 1. The Bertz CT molecular complexity index is 523. The third kappa shape index (κ3) is 2.96. The molecule has 0 amide bonds. The zero-order valence-electron chi connectivity index (χ0n) is 10.5. The molecule has 0 fully saturated rings. The second-order valence-corrected chi connectivity index (χ2v) is 4.52. The van der Waals surface area contributed by atoms with Gasteiger partial charge in [0.25, 0.3) is 0 Å². The molecule has 0 saturated heterocycles. The largest absolute Gasteiger partial charge is 0.496 e. The van der Waals surface area contributed by atoms with Crippen LogP contribution in [0, 0.1) is 0 Å². The van der Waals surface area contributed by atoms with Gasteiger partial charge in [-0.1, -0.05) is 23.7 Å². The quantitative estimate of drug-likeness (QED) is 0.899. The molecule has 18 heavy (non-hydrogen) atoms. The Morgan fingerprint density at radius 2 is 1.83 bits per heavy atom. The molecule has 2 rings (SSSR count). The maximum Gasteiger partial charge on any atom is 0.122 e. The lowest BCUT2D eigenvalue weighted by atomic mass is 10.0. The molecule has 3 heteroatoms. The van der Waals surface area contributed by atoms with Crippen molar-refractivity contribution in [1.29, 1.82) is 0 Å². The summed E-state index contributed by atoms with van der Waals surface area (Å²) in [5, 5.41) is 3.84. The first-order chi connectivity index (χ1) is 8.72. The number of ether oxygens (including phenoxy) is 1. The van der Waals surface area contributed by atoms with Gasteiger partial charge in [0.05, 0.1) is 7.11 Å². The summed E-state index contributed by atoms with van der Waals surface area (Å²) in [6.07, 6.45) is 0.813. The van der Waals surface area contributed by atoms with Gasteiger partial charge in [0.15, 0.2) is 0 Å². The van der Waals surface area contributed by atoms with E-state index < -0.39 is 0 Å². The van der Waals surface area contributed by atoms with Gasteiger partial charge in [0.2, 0.25) is 0 Å². The standard InChI is InChI=1S/C15H16ClNO/c1-17-14-6-3-11(4-7-14)9-12-10-13(16)5-8-15(12)18-2/h3-8,10,17H,9H2,1-2H3. The predicted molar refractivity (Wildman–Crippen MR) is 76.8 cm³/mol. The molecule has 0 heterocycles. The van der Waals surface area contributed by atoms with Crippen LogP contribution in [0.5, 0.6) is 5.75 Å². The zero-order chi connectivity index (χ0) is 13.0. The highest BCUT2D eigenvalue weighted by atomic mass is 35.5. The first-order valence-corrected chi connectivity index (χ1v) is 6.20. The zero-order valence-corrected chi connectivity index (χ0v) is 11.3. The SMILES string of the molecule is CNc1ccc(Cc2cc(Cl)ccc2OC)cc1. The molecular weight excluding hydrogens is 246 g/mol. The number of nitrogens with one attached hydrogen (secondary N) is 1. The Kier molecular flexibility index (Phi) is 4.11. The van der Waals surface area contributed by atoms with E-state index in [-0.39, 0.29) is 0 Å². The van der Waals surface area contributed by atoms with Gasteiger partial charge in [0, 0.05) is 24.2 Å². The molecule has 2 aromatic rings. The van der Waals surface area contributed by atoms with Gasteiger partial charge in [-0.25, -0.2) is 0 Å². The average Bonchev–Trinajstić information content (AvgIpc) is 2.40. The van der Waals surface area contributed by atoms with E-state index in [0.29, 0.717) is 0 Å². The van der Waals surface area contributed by atoms with Crippen molar-refractivity contribution in [3.05, 3.63) is 58.6 Å². The van der Waals surface area contributed by atoms with Crippen molar-refractivity contribution in [2.45, 2.75) is 6.42 Å². The number of benzene rings is 2. The summed E-state index contributed by atoms with van der Waals surface area (Å²) in [5.74, 6) is 0.872. The van der Waals surface area contributed by atoms with Gasteiger partial charge in [-0.2, -0.15) is 0 Å². The first-order valence-electron chi connectivity index (χ1n) is 5.82. The van der Waals surface area contributed by atoms with E-state index in [1.807, 2.05) is 25.2 Å². The van der Waals surface area contributed by atoms with Gasteiger partial charge in [0.1, 0.15) is 5.75 Å². The number of methoxy groups -OCH3 is 1. The van der Waals surface area contributed by atoms with E-state index in [1.165, 1.54) is 5.56 Å². The van der Waals surface area contributed by atoms with E-state index in [1.54, 1.807) is 7.11 Å². The molecule has 0 aliphatic carbocycles. The van der Waals surface area contributed by atoms with Crippen LogP contribution in [0.4, 0.5) is 5.69 Å². The minimum Gasteiger partial charge on any atom is -0.496 e. The lowest BCUT2D eigenvalue weighted by Crippen LogP contribution is -1.94. The smallest absolute Gasteiger partial charge is 0.122 e. The summed E-state index contributed by atoms with van der Waals surface area (Å²) >= 11 is 6.02. The summed E-state index contributed by atoms with van der Waals surface area (Å²) in [5.41, 5.74) is 3.44. The Morgan fingerprint density at radius 3 is 2.44 bits per heavy atom. The van der Waals surface area contributed by atoms with Crippen LogP contribution >= 0.6 is 11.6 Å². The van der Waals surface area contributed by atoms with Crippen molar-refractivity contribution in [2.24, 2.45) is 0 Å². The number of halogens is 1. The van der Waals surface area contributed by atoms with Gasteiger partial charge in [-0.15, -0.1) is 0 Å². The van der Waals surface area contributed by atoms with Crippen LogP contribution in [0.2, 0.25) is 5.02 Å². The molecule has 0 unspecified atom stereocenters. The second kappa shape index (κ2) is 5.78. The van der Waals surface area contributed by atoms with Crippen molar-refractivity contribution < 1.29 is 4.74 Å². The molecule has 0 saturated carbocycles. The highest BCUT2D eigenvalue weighted by Gasteiger charge is 2.05. The molecule has 0 atom stereocenters. The third-order valence-corrected chi connectivity index (χ3v) is 3.11. The molecule has 2 nitrogen and oxygen atoms in total. The van der Waals surface area contributed by atoms with E-state index in [2.05, 4.69) is 29.6 Å². The molecule has 0 aliphatic rings. The highest BCUT2D eigenvalue weighted by molar-refractivity contribution is 6.30.